The molecule has 1 heterocycles. The number of hydrogen-bond donors (Lipinski definition) is 4. The highest BCUT2D eigenvalue weighted by molar-refractivity contribution is 5.97. The number of urea groups is 1. The molecule has 4 amide bonds. The number of amides is 4. The Hall–Kier alpha value is -1.63. The predicted molar refractivity (Wildman–Crippen MR) is 42.5 cm³/mol. The third-order valence-corrected chi connectivity index (χ3v) is 1.58. The lowest BCUT2D eigenvalue weighted by Crippen LogP contribution is -2.59. The van der Waals surface area contributed by atoms with Crippen LogP contribution in [0.25, 0.3) is 0 Å². The van der Waals surface area contributed by atoms with Gasteiger partial charge in [0, 0.05) is 6.54 Å². The zero-order valence-electron chi connectivity index (χ0n) is 6.79. The van der Waals surface area contributed by atoms with Gasteiger partial charge in [0.15, 0.2) is 0 Å². The third kappa shape index (κ3) is 2.71. The molecule has 13 heavy (non-hydrogen) atoms. The van der Waals surface area contributed by atoms with Gasteiger partial charge in [0.1, 0.15) is 6.04 Å². The van der Waals surface area contributed by atoms with Gasteiger partial charge >= 0.3 is 6.03 Å². The van der Waals surface area contributed by atoms with E-state index in [0.717, 1.165) is 0 Å². The van der Waals surface area contributed by atoms with Crippen LogP contribution in [0.2, 0.25) is 0 Å². The number of carbonyl (C=O) groups is 3. The average Bonchev–Trinajstić information content (AvgIpc) is 2.04. The largest absolute Gasteiger partial charge is 0.353 e. The van der Waals surface area contributed by atoms with Crippen LogP contribution in [-0.4, -0.2) is 37.0 Å². The minimum Gasteiger partial charge on any atom is -0.353 e. The van der Waals surface area contributed by atoms with Gasteiger partial charge in [-0.15, -0.1) is 0 Å². The number of nitrogens with two attached hydrogens (primary N) is 1. The van der Waals surface area contributed by atoms with E-state index in [2.05, 4.69) is 10.6 Å². The first-order valence-electron chi connectivity index (χ1n) is 3.70. The second kappa shape index (κ2) is 3.85. The van der Waals surface area contributed by atoms with Crippen LogP contribution in [0.1, 0.15) is 0 Å². The number of rotatable bonds is 1. The van der Waals surface area contributed by atoms with Crippen molar-refractivity contribution in [1.29, 1.82) is 0 Å². The first-order chi connectivity index (χ1) is 6.09. The number of nitrogens with one attached hydrogen (secondary N) is 3. The zero-order valence-corrected chi connectivity index (χ0v) is 6.79. The van der Waals surface area contributed by atoms with Crippen LogP contribution in [-0.2, 0) is 9.59 Å². The molecule has 5 N–H and O–H groups in total. The Morgan fingerprint density at radius 3 is 2.69 bits per heavy atom. The molecular formula is C6H10N4O3. The maximum absolute atomic E-state index is 11.1. The molecule has 0 aromatic rings. The van der Waals surface area contributed by atoms with E-state index in [1.807, 2.05) is 5.32 Å². The molecule has 0 aromatic carbocycles. The van der Waals surface area contributed by atoms with Crippen LogP contribution >= 0.6 is 0 Å². The summed E-state index contributed by atoms with van der Waals surface area (Å²) < 4.78 is 0. The first-order valence-corrected chi connectivity index (χ1v) is 3.70. The van der Waals surface area contributed by atoms with Crippen molar-refractivity contribution in [1.82, 2.24) is 16.0 Å². The molecule has 0 aromatic heterocycles. The minimum atomic E-state index is -0.899. The van der Waals surface area contributed by atoms with Gasteiger partial charge < -0.3 is 11.1 Å². The van der Waals surface area contributed by atoms with E-state index in [1.165, 1.54) is 0 Å². The van der Waals surface area contributed by atoms with E-state index >= 15 is 0 Å². The molecular weight excluding hydrogens is 176 g/mol. The first kappa shape index (κ1) is 9.46. The monoisotopic (exact) mass is 186 g/mol. The molecule has 0 saturated carbocycles. The summed E-state index contributed by atoms with van der Waals surface area (Å²) in [6.45, 7) is 0.231. The second-order valence-electron chi connectivity index (χ2n) is 2.59. The van der Waals surface area contributed by atoms with Crippen molar-refractivity contribution in [2.75, 3.05) is 13.1 Å². The quantitative estimate of drug-likeness (QED) is 0.356. The fraction of sp³-hybridized carbons (Fsp3) is 0.500. The summed E-state index contributed by atoms with van der Waals surface area (Å²) in [5.74, 6) is -0.712. The van der Waals surface area contributed by atoms with Crippen LogP contribution in [0, 0.1) is 0 Å². The van der Waals surface area contributed by atoms with Gasteiger partial charge in [0.2, 0.25) is 11.8 Å². The molecule has 1 rings (SSSR count). The molecule has 1 aliphatic rings. The molecule has 0 bridgehead atoms. The minimum absolute atomic E-state index is 0.0663. The highest BCUT2D eigenvalue weighted by Crippen LogP contribution is 1.87. The molecule has 1 fully saturated rings. The van der Waals surface area contributed by atoms with Crippen molar-refractivity contribution in [2.24, 2.45) is 5.73 Å². The van der Waals surface area contributed by atoms with Crippen molar-refractivity contribution in [3.63, 3.8) is 0 Å². The smallest absolute Gasteiger partial charge is 0.318 e. The van der Waals surface area contributed by atoms with E-state index in [0.29, 0.717) is 0 Å². The molecule has 7 nitrogen and oxygen atoms in total. The van der Waals surface area contributed by atoms with Gasteiger partial charge in [-0.2, -0.15) is 0 Å². The fourth-order valence-corrected chi connectivity index (χ4v) is 0.960. The van der Waals surface area contributed by atoms with Crippen LogP contribution in [0.15, 0.2) is 0 Å². The lowest BCUT2D eigenvalue weighted by molar-refractivity contribution is -0.125. The number of piperazine rings is 1. The molecule has 0 spiro atoms. The third-order valence-electron chi connectivity index (χ3n) is 1.58. The van der Waals surface area contributed by atoms with E-state index in [9.17, 15) is 14.4 Å². The van der Waals surface area contributed by atoms with Crippen molar-refractivity contribution < 1.29 is 14.4 Å². The maximum Gasteiger partial charge on any atom is 0.318 e. The summed E-state index contributed by atoms with van der Waals surface area (Å²) in [4.78, 5) is 32.0. The zero-order chi connectivity index (χ0) is 9.84. The number of hydrogen-bond acceptors (Lipinski definition) is 4. The van der Waals surface area contributed by atoms with E-state index in [4.69, 9.17) is 5.73 Å². The van der Waals surface area contributed by atoms with E-state index in [-0.39, 0.29) is 19.0 Å². The van der Waals surface area contributed by atoms with E-state index in [1.54, 1.807) is 0 Å². The highest BCUT2D eigenvalue weighted by atomic mass is 16.2. The fourth-order valence-electron chi connectivity index (χ4n) is 0.960. The van der Waals surface area contributed by atoms with Crippen molar-refractivity contribution in [3.05, 3.63) is 0 Å². The molecule has 1 aliphatic heterocycles. The molecule has 1 atom stereocenters. The number of imide groups is 1. The van der Waals surface area contributed by atoms with Crippen LogP contribution in [0.3, 0.4) is 0 Å². The molecule has 1 unspecified atom stereocenters. The van der Waals surface area contributed by atoms with Crippen LogP contribution in [0.4, 0.5) is 4.79 Å². The molecule has 7 heteroatoms. The van der Waals surface area contributed by atoms with Gasteiger partial charge in [0.05, 0.1) is 6.54 Å². The molecule has 0 aliphatic carbocycles. The summed E-state index contributed by atoms with van der Waals surface area (Å²) in [5.41, 5.74) is 4.74. The maximum atomic E-state index is 11.1. The highest BCUT2D eigenvalue weighted by Gasteiger charge is 2.24. The van der Waals surface area contributed by atoms with Crippen LogP contribution < -0.4 is 21.7 Å². The standard InChI is InChI=1S/C6H10N4O3/c7-6(13)10-5(12)3-1-9-4(11)2-8-3/h3,8H,1-2H2,(H,9,11)(H3,7,10,12,13). The Labute approximate surface area is 74.0 Å². The van der Waals surface area contributed by atoms with Gasteiger partial charge in [-0.05, 0) is 0 Å². The Bertz CT molecular complexity index is 242. The van der Waals surface area contributed by atoms with Gasteiger partial charge in [-0.25, -0.2) is 4.79 Å². The molecule has 1 saturated heterocycles. The second-order valence-corrected chi connectivity index (χ2v) is 2.59. The van der Waals surface area contributed by atoms with Gasteiger partial charge in [0.25, 0.3) is 0 Å². The van der Waals surface area contributed by atoms with Crippen molar-refractivity contribution in [3.8, 4) is 0 Å². The summed E-state index contributed by atoms with van der Waals surface area (Å²) >= 11 is 0. The lowest BCUT2D eigenvalue weighted by atomic mass is 10.2. The Kier molecular flexibility index (Phi) is 2.80. The Balaban J connectivity index is 2.40. The SMILES string of the molecule is NC(=O)NC(=O)C1CNC(=O)CN1. The summed E-state index contributed by atoms with van der Waals surface area (Å²) in [5, 5.41) is 7.03. The summed E-state index contributed by atoms with van der Waals surface area (Å²) in [6.07, 6.45) is 0. The Morgan fingerprint density at radius 2 is 2.23 bits per heavy atom. The van der Waals surface area contributed by atoms with Gasteiger partial charge in [-0.3, -0.25) is 20.2 Å². The number of primary amides is 1. The number of carbonyl (C=O) groups excluding carboxylic acids is 3. The van der Waals surface area contributed by atoms with Crippen LogP contribution in [0.5, 0.6) is 0 Å². The average molecular weight is 186 g/mol. The Morgan fingerprint density at radius 1 is 1.54 bits per heavy atom. The van der Waals surface area contributed by atoms with Gasteiger partial charge in [-0.1, -0.05) is 0 Å². The van der Waals surface area contributed by atoms with Crippen molar-refractivity contribution in [2.45, 2.75) is 6.04 Å². The predicted octanol–water partition coefficient (Wildman–Crippen LogP) is -2.73. The summed E-state index contributed by atoms with van der Waals surface area (Å²) in [7, 11) is 0. The lowest BCUT2D eigenvalue weighted by Gasteiger charge is -2.22. The van der Waals surface area contributed by atoms with E-state index < -0.39 is 18.0 Å². The summed E-state index contributed by atoms with van der Waals surface area (Å²) in [6, 6.07) is -1.49. The topological polar surface area (TPSA) is 113 Å². The molecule has 72 valence electrons. The molecule has 0 radical (unpaired) electrons. The van der Waals surface area contributed by atoms with Crippen molar-refractivity contribution >= 4 is 17.8 Å². The normalized spacial score (nSPS) is 21.8.